The smallest absolute Gasteiger partial charge is 0.0718 e. The Labute approximate surface area is 127 Å². The van der Waals surface area contributed by atoms with E-state index in [1.165, 1.54) is 42.3 Å². The molecule has 3 unspecified atom stereocenters. The lowest BCUT2D eigenvalue weighted by molar-refractivity contribution is 0.226. The molecule has 0 saturated heterocycles. The lowest BCUT2D eigenvalue weighted by Crippen LogP contribution is -2.38. The van der Waals surface area contributed by atoms with Crippen LogP contribution < -0.4 is 5.32 Å². The predicted molar refractivity (Wildman–Crippen MR) is 88.4 cm³/mol. The van der Waals surface area contributed by atoms with Crippen LogP contribution in [0, 0.1) is 11.8 Å². The summed E-state index contributed by atoms with van der Waals surface area (Å²) >= 11 is 0. The summed E-state index contributed by atoms with van der Waals surface area (Å²) in [6.07, 6.45) is 6.54. The van der Waals surface area contributed by atoms with E-state index < -0.39 is 0 Å². The van der Waals surface area contributed by atoms with E-state index >= 15 is 0 Å². The molecule has 0 radical (unpaired) electrons. The zero-order valence-corrected chi connectivity index (χ0v) is 13.5. The Morgan fingerprint density at radius 1 is 1.33 bits per heavy atom. The number of para-hydroxylation sites is 1. The first-order valence-electron chi connectivity index (χ1n) is 8.27. The van der Waals surface area contributed by atoms with Crippen LogP contribution in [-0.2, 0) is 13.5 Å². The van der Waals surface area contributed by atoms with Gasteiger partial charge in [0.05, 0.1) is 11.2 Å². The number of hydrogen-bond acceptors (Lipinski definition) is 2. The van der Waals surface area contributed by atoms with Crippen molar-refractivity contribution >= 4 is 10.9 Å². The molecule has 3 heteroatoms. The molecule has 114 valence electrons. The molecule has 1 saturated carbocycles. The van der Waals surface area contributed by atoms with Crippen LogP contribution in [-0.4, -0.2) is 22.9 Å². The van der Waals surface area contributed by atoms with Crippen LogP contribution in [0.25, 0.3) is 10.9 Å². The number of likely N-dealkylation sites (N-methyl/N-ethyl adjacent to an activating group) is 1. The van der Waals surface area contributed by atoms with Gasteiger partial charge in [-0.15, -0.1) is 0 Å². The molecule has 3 nitrogen and oxygen atoms in total. The van der Waals surface area contributed by atoms with E-state index in [0.717, 1.165) is 18.3 Å². The molecule has 21 heavy (non-hydrogen) atoms. The van der Waals surface area contributed by atoms with Gasteiger partial charge in [0.25, 0.3) is 0 Å². The molecule has 2 aromatic rings. The van der Waals surface area contributed by atoms with Crippen LogP contribution in [0.4, 0.5) is 0 Å². The molecule has 3 atom stereocenters. The molecule has 1 heterocycles. The quantitative estimate of drug-likeness (QED) is 0.931. The highest BCUT2D eigenvalue weighted by Gasteiger charge is 2.27. The van der Waals surface area contributed by atoms with E-state index in [9.17, 15) is 0 Å². The summed E-state index contributed by atoms with van der Waals surface area (Å²) in [5.41, 5.74) is 2.48. The van der Waals surface area contributed by atoms with Crippen molar-refractivity contribution in [1.29, 1.82) is 0 Å². The van der Waals surface area contributed by atoms with Crippen LogP contribution in [0.1, 0.15) is 38.3 Å². The van der Waals surface area contributed by atoms with Gasteiger partial charge in [0.2, 0.25) is 0 Å². The summed E-state index contributed by atoms with van der Waals surface area (Å²) in [5.74, 6) is 1.67. The van der Waals surface area contributed by atoms with E-state index in [1.54, 1.807) is 0 Å². The van der Waals surface area contributed by atoms with E-state index in [0.29, 0.717) is 6.04 Å². The minimum absolute atomic E-state index is 0.547. The summed E-state index contributed by atoms with van der Waals surface area (Å²) in [6.45, 7) is 2.40. The fourth-order valence-electron chi connectivity index (χ4n) is 4.00. The van der Waals surface area contributed by atoms with Crippen LogP contribution >= 0.6 is 0 Å². The summed E-state index contributed by atoms with van der Waals surface area (Å²) in [7, 11) is 4.15. The van der Waals surface area contributed by atoms with Crippen molar-refractivity contribution in [2.45, 2.75) is 45.1 Å². The highest BCUT2D eigenvalue weighted by atomic mass is 15.3. The maximum absolute atomic E-state index is 4.77. The predicted octanol–water partition coefficient (Wildman–Crippen LogP) is 3.53. The average molecular weight is 285 g/mol. The molecule has 1 aliphatic rings. The Hall–Kier alpha value is -1.35. The van der Waals surface area contributed by atoms with Crippen LogP contribution in [0.3, 0.4) is 0 Å². The lowest BCUT2D eigenvalue weighted by Gasteiger charge is -2.33. The third-order valence-corrected chi connectivity index (χ3v) is 5.16. The van der Waals surface area contributed by atoms with E-state index in [4.69, 9.17) is 5.10 Å². The van der Waals surface area contributed by atoms with Gasteiger partial charge in [-0.05, 0) is 37.8 Å². The van der Waals surface area contributed by atoms with Gasteiger partial charge in [0.1, 0.15) is 0 Å². The van der Waals surface area contributed by atoms with Crippen molar-refractivity contribution in [2.24, 2.45) is 18.9 Å². The largest absolute Gasteiger partial charge is 0.316 e. The number of rotatable bonds is 4. The van der Waals surface area contributed by atoms with Gasteiger partial charge in [-0.25, -0.2) is 0 Å². The van der Waals surface area contributed by atoms with Gasteiger partial charge in [-0.1, -0.05) is 38.0 Å². The average Bonchev–Trinajstić information content (AvgIpc) is 2.82. The lowest BCUT2D eigenvalue weighted by atomic mass is 9.77. The van der Waals surface area contributed by atoms with E-state index in [1.807, 2.05) is 11.7 Å². The Kier molecular flexibility index (Phi) is 4.29. The van der Waals surface area contributed by atoms with Gasteiger partial charge in [-0.3, -0.25) is 4.68 Å². The van der Waals surface area contributed by atoms with Crippen molar-refractivity contribution in [1.82, 2.24) is 15.1 Å². The SMILES string of the molecule is CNC(Cc1nn(C)c2ccccc12)C1CCCC(C)C1. The highest BCUT2D eigenvalue weighted by Crippen LogP contribution is 2.32. The fourth-order valence-corrected chi connectivity index (χ4v) is 4.00. The van der Waals surface area contributed by atoms with Crippen molar-refractivity contribution in [3.63, 3.8) is 0 Å². The Morgan fingerprint density at radius 3 is 2.90 bits per heavy atom. The van der Waals surface area contributed by atoms with Gasteiger partial charge < -0.3 is 5.32 Å². The number of hydrogen-bond donors (Lipinski definition) is 1. The second-order valence-electron chi connectivity index (χ2n) is 6.72. The molecule has 1 N–H and O–H groups in total. The summed E-state index contributed by atoms with van der Waals surface area (Å²) in [4.78, 5) is 0. The molecule has 3 rings (SSSR count). The molecule has 0 bridgehead atoms. The molecule has 0 spiro atoms. The number of nitrogens with zero attached hydrogens (tertiary/aromatic N) is 2. The Morgan fingerprint density at radius 2 is 2.14 bits per heavy atom. The third kappa shape index (κ3) is 2.98. The first kappa shape index (κ1) is 14.6. The molecular formula is C18H27N3. The highest BCUT2D eigenvalue weighted by molar-refractivity contribution is 5.81. The second-order valence-corrected chi connectivity index (χ2v) is 6.72. The van der Waals surface area contributed by atoms with Crippen molar-refractivity contribution in [2.75, 3.05) is 7.05 Å². The molecule has 1 aromatic heterocycles. The minimum Gasteiger partial charge on any atom is -0.316 e. The van der Waals surface area contributed by atoms with Crippen molar-refractivity contribution in [3.05, 3.63) is 30.0 Å². The van der Waals surface area contributed by atoms with Gasteiger partial charge >= 0.3 is 0 Å². The van der Waals surface area contributed by atoms with Crippen molar-refractivity contribution < 1.29 is 0 Å². The summed E-state index contributed by atoms with van der Waals surface area (Å²) < 4.78 is 2.01. The van der Waals surface area contributed by atoms with Gasteiger partial charge in [0.15, 0.2) is 0 Å². The maximum Gasteiger partial charge on any atom is 0.0718 e. The molecular weight excluding hydrogens is 258 g/mol. The maximum atomic E-state index is 4.77. The Bertz CT molecular complexity index is 602. The molecule has 0 aliphatic heterocycles. The molecule has 0 amide bonds. The standard InChI is InChI=1S/C18H27N3/c1-13-7-6-8-14(11-13)16(19-2)12-17-15-9-4-5-10-18(15)21(3)20-17/h4-5,9-10,13-14,16,19H,6-8,11-12H2,1-3H3. The zero-order chi connectivity index (χ0) is 14.8. The van der Waals surface area contributed by atoms with E-state index in [-0.39, 0.29) is 0 Å². The first-order chi connectivity index (χ1) is 10.2. The van der Waals surface area contributed by atoms with Gasteiger partial charge in [0, 0.05) is 24.9 Å². The third-order valence-electron chi connectivity index (χ3n) is 5.16. The van der Waals surface area contributed by atoms with Crippen LogP contribution in [0.5, 0.6) is 0 Å². The number of nitrogens with one attached hydrogen (secondary N) is 1. The first-order valence-corrected chi connectivity index (χ1v) is 8.27. The van der Waals surface area contributed by atoms with Crippen molar-refractivity contribution in [3.8, 4) is 0 Å². The fraction of sp³-hybridized carbons (Fsp3) is 0.611. The molecule has 1 aromatic carbocycles. The molecule has 1 fully saturated rings. The number of fused-ring (bicyclic) bond motifs is 1. The topological polar surface area (TPSA) is 29.9 Å². The molecule has 1 aliphatic carbocycles. The van der Waals surface area contributed by atoms with Gasteiger partial charge in [-0.2, -0.15) is 5.10 Å². The minimum atomic E-state index is 0.547. The van der Waals surface area contributed by atoms with Crippen LogP contribution in [0.15, 0.2) is 24.3 Å². The zero-order valence-electron chi connectivity index (χ0n) is 13.5. The Balaban J connectivity index is 1.82. The number of benzene rings is 1. The number of aryl methyl sites for hydroxylation is 1. The monoisotopic (exact) mass is 285 g/mol. The normalized spacial score (nSPS) is 24.3. The number of aromatic nitrogens is 2. The second kappa shape index (κ2) is 6.18. The summed E-state index contributed by atoms with van der Waals surface area (Å²) in [6, 6.07) is 9.11. The van der Waals surface area contributed by atoms with E-state index in [2.05, 4.69) is 43.6 Å². The van der Waals surface area contributed by atoms with Crippen LogP contribution in [0.2, 0.25) is 0 Å². The summed E-state index contributed by atoms with van der Waals surface area (Å²) in [5, 5.41) is 9.64.